The third-order valence-corrected chi connectivity index (χ3v) is 3.52. The molecule has 0 aromatic heterocycles. The van der Waals surface area contributed by atoms with E-state index >= 15 is 0 Å². The van der Waals surface area contributed by atoms with Crippen LogP contribution in [0, 0.1) is 6.92 Å². The quantitative estimate of drug-likeness (QED) is 0.833. The molecule has 2 aromatic rings. The molecule has 4 heteroatoms. The SMILES string of the molecule is Cc1c(Br)cccc1NC(=O)c1cccc(N)c1. The first-order valence-corrected chi connectivity index (χ1v) is 6.29. The Kier molecular flexibility index (Phi) is 3.67. The summed E-state index contributed by atoms with van der Waals surface area (Å²) < 4.78 is 0.966. The van der Waals surface area contributed by atoms with Gasteiger partial charge < -0.3 is 11.1 Å². The Morgan fingerprint density at radius 1 is 1.22 bits per heavy atom. The van der Waals surface area contributed by atoms with Gasteiger partial charge in [-0.2, -0.15) is 0 Å². The number of rotatable bonds is 2. The first kappa shape index (κ1) is 12.6. The first-order valence-electron chi connectivity index (χ1n) is 5.50. The minimum atomic E-state index is -0.163. The highest BCUT2D eigenvalue weighted by Gasteiger charge is 2.08. The van der Waals surface area contributed by atoms with E-state index in [2.05, 4.69) is 21.2 Å². The second kappa shape index (κ2) is 5.23. The fourth-order valence-corrected chi connectivity index (χ4v) is 1.98. The average Bonchev–Trinajstić information content (AvgIpc) is 2.35. The third-order valence-electron chi connectivity index (χ3n) is 2.66. The van der Waals surface area contributed by atoms with Gasteiger partial charge in [-0.15, -0.1) is 0 Å². The predicted molar refractivity (Wildman–Crippen MR) is 77.7 cm³/mol. The van der Waals surface area contributed by atoms with Crippen LogP contribution in [0.1, 0.15) is 15.9 Å². The van der Waals surface area contributed by atoms with Crippen molar-refractivity contribution < 1.29 is 4.79 Å². The number of hydrogen-bond donors (Lipinski definition) is 2. The molecule has 0 spiro atoms. The number of hydrogen-bond acceptors (Lipinski definition) is 2. The van der Waals surface area contributed by atoms with Crippen LogP contribution >= 0.6 is 15.9 Å². The van der Waals surface area contributed by atoms with Crippen molar-refractivity contribution in [2.75, 3.05) is 11.1 Å². The summed E-state index contributed by atoms with van der Waals surface area (Å²) in [6.07, 6.45) is 0. The van der Waals surface area contributed by atoms with Gasteiger partial charge in [0.05, 0.1) is 0 Å². The lowest BCUT2D eigenvalue weighted by molar-refractivity contribution is 0.102. The molecule has 0 aliphatic heterocycles. The van der Waals surface area contributed by atoms with E-state index in [0.717, 1.165) is 15.7 Å². The number of anilines is 2. The maximum Gasteiger partial charge on any atom is 0.255 e. The van der Waals surface area contributed by atoms with Gasteiger partial charge in [-0.05, 0) is 42.8 Å². The second-order valence-electron chi connectivity index (χ2n) is 3.99. The average molecular weight is 305 g/mol. The van der Waals surface area contributed by atoms with Gasteiger partial charge >= 0.3 is 0 Å². The minimum Gasteiger partial charge on any atom is -0.399 e. The molecule has 1 amide bonds. The zero-order valence-corrected chi connectivity index (χ0v) is 11.5. The van der Waals surface area contributed by atoms with E-state index in [4.69, 9.17) is 5.73 Å². The van der Waals surface area contributed by atoms with Gasteiger partial charge in [0.2, 0.25) is 0 Å². The zero-order valence-electron chi connectivity index (χ0n) is 9.91. The van der Waals surface area contributed by atoms with Crippen LogP contribution in [-0.4, -0.2) is 5.91 Å². The van der Waals surface area contributed by atoms with Crippen LogP contribution in [-0.2, 0) is 0 Å². The smallest absolute Gasteiger partial charge is 0.255 e. The highest BCUT2D eigenvalue weighted by Crippen LogP contribution is 2.24. The summed E-state index contributed by atoms with van der Waals surface area (Å²) >= 11 is 3.43. The Morgan fingerprint density at radius 3 is 2.67 bits per heavy atom. The summed E-state index contributed by atoms with van der Waals surface area (Å²) in [5, 5.41) is 2.87. The van der Waals surface area contributed by atoms with Crippen molar-refractivity contribution >= 4 is 33.2 Å². The van der Waals surface area contributed by atoms with Crippen molar-refractivity contribution in [3.05, 3.63) is 58.1 Å². The molecule has 0 unspecified atom stereocenters. The fraction of sp³-hybridized carbons (Fsp3) is 0.0714. The summed E-state index contributed by atoms with van der Waals surface area (Å²) in [5.74, 6) is -0.163. The molecule has 0 aliphatic rings. The molecule has 2 rings (SSSR count). The molecule has 0 fully saturated rings. The van der Waals surface area contributed by atoms with E-state index in [1.165, 1.54) is 0 Å². The van der Waals surface area contributed by atoms with Gasteiger partial charge in [0.15, 0.2) is 0 Å². The summed E-state index contributed by atoms with van der Waals surface area (Å²) in [5.41, 5.74) is 8.57. The molecule has 92 valence electrons. The van der Waals surface area contributed by atoms with Crippen molar-refractivity contribution in [1.29, 1.82) is 0 Å². The van der Waals surface area contributed by atoms with E-state index in [0.29, 0.717) is 11.3 Å². The molecule has 0 saturated heterocycles. The molecule has 0 radical (unpaired) electrons. The van der Waals surface area contributed by atoms with E-state index in [1.54, 1.807) is 24.3 Å². The molecule has 0 saturated carbocycles. The molecular weight excluding hydrogens is 292 g/mol. The van der Waals surface area contributed by atoms with Crippen LogP contribution in [0.15, 0.2) is 46.9 Å². The maximum absolute atomic E-state index is 12.0. The van der Waals surface area contributed by atoms with Crippen molar-refractivity contribution in [3.8, 4) is 0 Å². The van der Waals surface area contributed by atoms with Crippen LogP contribution < -0.4 is 11.1 Å². The van der Waals surface area contributed by atoms with Crippen LogP contribution in [0.4, 0.5) is 11.4 Å². The normalized spacial score (nSPS) is 10.1. The number of benzene rings is 2. The molecule has 0 heterocycles. The number of nitrogens with one attached hydrogen (secondary N) is 1. The highest BCUT2D eigenvalue weighted by atomic mass is 79.9. The zero-order chi connectivity index (χ0) is 13.1. The lowest BCUT2D eigenvalue weighted by Gasteiger charge is -2.09. The molecule has 0 bridgehead atoms. The summed E-state index contributed by atoms with van der Waals surface area (Å²) in [6.45, 7) is 1.94. The largest absolute Gasteiger partial charge is 0.399 e. The Bertz CT molecular complexity index is 596. The summed E-state index contributed by atoms with van der Waals surface area (Å²) in [4.78, 5) is 12.0. The Hall–Kier alpha value is -1.81. The molecule has 2 aromatic carbocycles. The first-order chi connectivity index (χ1) is 8.58. The van der Waals surface area contributed by atoms with Crippen molar-refractivity contribution in [2.24, 2.45) is 0 Å². The Morgan fingerprint density at radius 2 is 1.94 bits per heavy atom. The lowest BCUT2D eigenvalue weighted by atomic mass is 10.1. The standard InChI is InChI=1S/C14H13BrN2O/c1-9-12(15)6-3-7-13(9)17-14(18)10-4-2-5-11(16)8-10/h2-8H,16H2,1H3,(H,17,18). The van der Waals surface area contributed by atoms with E-state index < -0.39 is 0 Å². The van der Waals surface area contributed by atoms with Gasteiger partial charge in [0.1, 0.15) is 0 Å². The topological polar surface area (TPSA) is 55.1 Å². The van der Waals surface area contributed by atoms with E-state index in [9.17, 15) is 4.79 Å². The van der Waals surface area contributed by atoms with Crippen molar-refractivity contribution in [3.63, 3.8) is 0 Å². The van der Waals surface area contributed by atoms with Crippen molar-refractivity contribution in [2.45, 2.75) is 6.92 Å². The van der Waals surface area contributed by atoms with E-state index in [-0.39, 0.29) is 5.91 Å². The third kappa shape index (κ3) is 2.71. The molecule has 0 atom stereocenters. The van der Waals surface area contributed by atoms with Crippen molar-refractivity contribution in [1.82, 2.24) is 0 Å². The summed E-state index contributed by atoms with van der Waals surface area (Å²) in [7, 11) is 0. The van der Waals surface area contributed by atoms with E-state index in [1.807, 2.05) is 25.1 Å². The fourth-order valence-electron chi connectivity index (χ4n) is 1.62. The Labute approximate surface area is 114 Å². The molecule has 3 N–H and O–H groups in total. The van der Waals surface area contributed by atoms with Crippen LogP contribution in [0.3, 0.4) is 0 Å². The lowest BCUT2D eigenvalue weighted by Crippen LogP contribution is -2.13. The molecule has 18 heavy (non-hydrogen) atoms. The van der Waals surface area contributed by atoms with Crippen LogP contribution in [0.25, 0.3) is 0 Å². The van der Waals surface area contributed by atoms with Gasteiger partial charge in [-0.1, -0.05) is 28.1 Å². The summed E-state index contributed by atoms with van der Waals surface area (Å²) in [6, 6.07) is 12.6. The monoisotopic (exact) mass is 304 g/mol. The molecular formula is C14H13BrN2O. The van der Waals surface area contributed by atoms with Gasteiger partial charge in [0.25, 0.3) is 5.91 Å². The van der Waals surface area contributed by atoms with Crippen LogP contribution in [0.5, 0.6) is 0 Å². The Balaban J connectivity index is 2.24. The van der Waals surface area contributed by atoms with Gasteiger partial charge in [-0.3, -0.25) is 4.79 Å². The number of halogens is 1. The number of amides is 1. The maximum atomic E-state index is 12.0. The van der Waals surface area contributed by atoms with Crippen LogP contribution in [0.2, 0.25) is 0 Å². The second-order valence-corrected chi connectivity index (χ2v) is 4.85. The predicted octanol–water partition coefficient (Wildman–Crippen LogP) is 3.59. The van der Waals surface area contributed by atoms with Gasteiger partial charge in [0, 0.05) is 21.4 Å². The number of nitrogens with two attached hydrogens (primary N) is 1. The number of nitrogen functional groups attached to an aromatic ring is 1. The molecule has 0 aliphatic carbocycles. The van der Waals surface area contributed by atoms with Gasteiger partial charge in [-0.25, -0.2) is 0 Å². The molecule has 3 nitrogen and oxygen atoms in total. The number of carbonyl (C=O) groups is 1. The highest BCUT2D eigenvalue weighted by molar-refractivity contribution is 9.10. The minimum absolute atomic E-state index is 0.163. The number of carbonyl (C=O) groups excluding carboxylic acids is 1.